The number of halogens is 1. The lowest BCUT2D eigenvalue weighted by molar-refractivity contribution is 0.485. The van der Waals surface area contributed by atoms with E-state index >= 15 is 0 Å². The Bertz CT molecular complexity index is 732. The molecule has 0 bridgehead atoms. The van der Waals surface area contributed by atoms with Crippen LogP contribution in [0.2, 0.25) is 5.02 Å². The third kappa shape index (κ3) is 3.08. The fourth-order valence-electron chi connectivity index (χ4n) is 2.04. The lowest BCUT2D eigenvalue weighted by Gasteiger charge is -2.09. The molecule has 5 nitrogen and oxygen atoms in total. The first-order valence-electron chi connectivity index (χ1n) is 6.58. The van der Waals surface area contributed by atoms with Crippen LogP contribution >= 0.6 is 11.6 Å². The summed E-state index contributed by atoms with van der Waals surface area (Å²) in [4.78, 5) is 4.33. The highest BCUT2D eigenvalue weighted by Crippen LogP contribution is 2.25. The second-order valence-electron chi connectivity index (χ2n) is 4.84. The van der Waals surface area contributed by atoms with Crippen LogP contribution in [0.25, 0.3) is 11.3 Å². The summed E-state index contributed by atoms with van der Waals surface area (Å²) >= 11 is 5.88. The summed E-state index contributed by atoms with van der Waals surface area (Å²) in [6, 6.07) is 7.43. The summed E-state index contributed by atoms with van der Waals surface area (Å²) in [5, 5.41) is 8.11. The summed E-state index contributed by atoms with van der Waals surface area (Å²) in [6.45, 7) is 1.99. The van der Waals surface area contributed by atoms with Gasteiger partial charge in [0.15, 0.2) is 5.76 Å². The number of nitrogens with one attached hydrogen (secondary N) is 1. The highest BCUT2D eigenvalue weighted by Gasteiger charge is 2.14. The molecule has 0 aliphatic rings. The van der Waals surface area contributed by atoms with Crippen LogP contribution in [0, 0.1) is 0 Å². The molecule has 0 amide bonds. The van der Waals surface area contributed by atoms with Crippen molar-refractivity contribution in [2.75, 3.05) is 5.32 Å². The van der Waals surface area contributed by atoms with E-state index < -0.39 is 0 Å². The minimum Gasteiger partial charge on any atom is -0.438 e. The molecule has 0 saturated heterocycles. The molecule has 2 heterocycles. The smallest absolute Gasteiger partial charge is 0.217 e. The molecule has 0 aliphatic carbocycles. The zero-order chi connectivity index (χ0) is 14.8. The van der Waals surface area contributed by atoms with Crippen molar-refractivity contribution in [3.05, 3.63) is 53.8 Å². The summed E-state index contributed by atoms with van der Waals surface area (Å²) in [6.07, 6.45) is 5.39. The van der Waals surface area contributed by atoms with Gasteiger partial charge in [0.05, 0.1) is 18.1 Å². The van der Waals surface area contributed by atoms with Gasteiger partial charge in [-0.2, -0.15) is 5.10 Å². The van der Waals surface area contributed by atoms with E-state index in [0.29, 0.717) is 10.9 Å². The average molecular weight is 303 g/mol. The van der Waals surface area contributed by atoms with Gasteiger partial charge >= 0.3 is 0 Å². The molecular weight excluding hydrogens is 288 g/mol. The molecule has 0 spiro atoms. The molecule has 0 saturated carbocycles. The van der Waals surface area contributed by atoms with Crippen LogP contribution in [-0.2, 0) is 7.05 Å². The lowest BCUT2D eigenvalue weighted by atomic mass is 10.2. The van der Waals surface area contributed by atoms with Gasteiger partial charge in [0.1, 0.15) is 6.04 Å². The minimum absolute atomic E-state index is 0.0461. The fourth-order valence-corrected chi connectivity index (χ4v) is 2.17. The number of aromatic nitrogens is 3. The highest BCUT2D eigenvalue weighted by molar-refractivity contribution is 6.30. The first kappa shape index (κ1) is 13.7. The van der Waals surface area contributed by atoms with E-state index in [4.69, 9.17) is 16.0 Å². The van der Waals surface area contributed by atoms with Crippen LogP contribution in [-0.4, -0.2) is 14.8 Å². The van der Waals surface area contributed by atoms with Crippen molar-refractivity contribution in [2.24, 2.45) is 7.05 Å². The highest BCUT2D eigenvalue weighted by atomic mass is 35.5. The van der Waals surface area contributed by atoms with E-state index in [0.717, 1.165) is 17.0 Å². The number of benzene rings is 1. The fraction of sp³-hybridized carbons (Fsp3) is 0.200. The van der Waals surface area contributed by atoms with E-state index in [1.54, 1.807) is 17.1 Å². The second-order valence-corrected chi connectivity index (χ2v) is 5.27. The summed E-state index contributed by atoms with van der Waals surface area (Å²) < 4.78 is 7.55. The molecule has 1 N–H and O–H groups in total. The first-order chi connectivity index (χ1) is 10.1. The first-order valence-corrected chi connectivity index (χ1v) is 6.96. The Labute approximate surface area is 127 Å². The molecular formula is C15H15ClN4O. The number of hydrogen-bond donors (Lipinski definition) is 1. The molecule has 3 rings (SSSR count). The van der Waals surface area contributed by atoms with Gasteiger partial charge in [-0.25, -0.2) is 4.98 Å². The van der Waals surface area contributed by atoms with Crippen LogP contribution in [0.1, 0.15) is 18.9 Å². The summed E-state index contributed by atoms with van der Waals surface area (Å²) in [5.41, 5.74) is 1.88. The molecule has 2 aromatic heterocycles. The molecule has 6 heteroatoms. The number of nitrogens with zero attached hydrogens (tertiary/aromatic N) is 3. The number of hydrogen-bond acceptors (Lipinski definition) is 4. The van der Waals surface area contributed by atoms with Gasteiger partial charge in [0.2, 0.25) is 5.89 Å². The van der Waals surface area contributed by atoms with Crippen molar-refractivity contribution in [2.45, 2.75) is 13.0 Å². The van der Waals surface area contributed by atoms with E-state index in [2.05, 4.69) is 15.4 Å². The largest absolute Gasteiger partial charge is 0.438 e. The van der Waals surface area contributed by atoms with Gasteiger partial charge in [-0.15, -0.1) is 0 Å². The van der Waals surface area contributed by atoms with E-state index in [-0.39, 0.29) is 6.04 Å². The number of oxazole rings is 1. The maximum absolute atomic E-state index is 5.88. The van der Waals surface area contributed by atoms with Crippen molar-refractivity contribution in [3.63, 3.8) is 0 Å². The zero-order valence-corrected chi connectivity index (χ0v) is 12.5. The Hall–Kier alpha value is -2.27. The number of aryl methyl sites for hydroxylation is 1. The third-order valence-electron chi connectivity index (χ3n) is 3.11. The van der Waals surface area contributed by atoms with Crippen molar-refractivity contribution in [1.29, 1.82) is 0 Å². The van der Waals surface area contributed by atoms with Crippen LogP contribution < -0.4 is 5.32 Å². The Morgan fingerprint density at radius 1 is 1.24 bits per heavy atom. The van der Waals surface area contributed by atoms with E-state index in [9.17, 15) is 0 Å². The molecule has 1 atom stereocenters. The van der Waals surface area contributed by atoms with Gasteiger partial charge in [0, 0.05) is 23.8 Å². The van der Waals surface area contributed by atoms with Crippen molar-refractivity contribution in [3.8, 4) is 11.3 Å². The summed E-state index contributed by atoms with van der Waals surface area (Å²) in [5.74, 6) is 1.35. The van der Waals surface area contributed by atoms with Gasteiger partial charge in [-0.05, 0) is 31.2 Å². The van der Waals surface area contributed by atoms with Crippen molar-refractivity contribution < 1.29 is 4.42 Å². The third-order valence-corrected chi connectivity index (χ3v) is 3.36. The monoisotopic (exact) mass is 302 g/mol. The molecule has 0 radical (unpaired) electrons. The number of rotatable bonds is 4. The van der Waals surface area contributed by atoms with Gasteiger partial charge in [-0.1, -0.05) is 11.6 Å². The average Bonchev–Trinajstić information content (AvgIpc) is 3.09. The molecule has 0 unspecified atom stereocenters. The van der Waals surface area contributed by atoms with E-state index in [1.165, 1.54) is 0 Å². The van der Waals surface area contributed by atoms with Gasteiger partial charge < -0.3 is 9.73 Å². The van der Waals surface area contributed by atoms with Crippen molar-refractivity contribution >= 4 is 17.3 Å². The molecule has 21 heavy (non-hydrogen) atoms. The van der Waals surface area contributed by atoms with Crippen molar-refractivity contribution in [1.82, 2.24) is 14.8 Å². The summed E-state index contributed by atoms with van der Waals surface area (Å²) in [7, 11) is 1.87. The quantitative estimate of drug-likeness (QED) is 0.794. The Kier molecular flexibility index (Phi) is 3.66. The lowest BCUT2D eigenvalue weighted by Crippen LogP contribution is -2.06. The number of anilines is 1. The molecule has 108 valence electrons. The normalized spacial score (nSPS) is 12.3. The molecule has 0 aliphatic heterocycles. The topological polar surface area (TPSA) is 55.9 Å². The predicted molar refractivity (Wildman–Crippen MR) is 82.2 cm³/mol. The zero-order valence-electron chi connectivity index (χ0n) is 11.7. The van der Waals surface area contributed by atoms with Crippen LogP contribution in [0.15, 0.2) is 47.3 Å². The molecule has 0 fully saturated rings. The van der Waals surface area contributed by atoms with E-state index in [1.807, 2.05) is 44.4 Å². The molecule has 1 aromatic carbocycles. The maximum Gasteiger partial charge on any atom is 0.217 e. The van der Waals surface area contributed by atoms with Crippen LogP contribution in [0.5, 0.6) is 0 Å². The van der Waals surface area contributed by atoms with Crippen LogP contribution in [0.3, 0.4) is 0 Å². The standard InChI is InChI=1S/C15H15ClN4O/c1-10(19-13-7-18-20(2)9-13)15-17-8-14(21-15)11-3-5-12(16)6-4-11/h3-10,19H,1-2H3/t10-/m1/s1. The Morgan fingerprint density at radius 2 is 2.00 bits per heavy atom. The second kappa shape index (κ2) is 5.61. The maximum atomic E-state index is 5.88. The Balaban J connectivity index is 1.76. The van der Waals surface area contributed by atoms with Crippen LogP contribution in [0.4, 0.5) is 5.69 Å². The van der Waals surface area contributed by atoms with Gasteiger partial charge in [0.25, 0.3) is 0 Å². The SMILES string of the molecule is C[C@@H](Nc1cnn(C)c1)c1ncc(-c2ccc(Cl)cc2)o1. The Morgan fingerprint density at radius 3 is 2.67 bits per heavy atom. The molecule has 3 aromatic rings. The minimum atomic E-state index is -0.0461. The predicted octanol–water partition coefficient (Wildman–Crippen LogP) is 3.90. The van der Waals surface area contributed by atoms with Gasteiger partial charge in [-0.3, -0.25) is 4.68 Å².